The Labute approximate surface area is 97.2 Å². The first-order valence-electron chi connectivity index (χ1n) is 6.54. The van der Waals surface area contributed by atoms with Crippen LogP contribution >= 0.6 is 0 Å². The fourth-order valence-electron chi connectivity index (χ4n) is 3.47. The van der Waals surface area contributed by atoms with Crippen molar-refractivity contribution in [3.8, 4) is 0 Å². The average molecular weight is 219 g/mol. The summed E-state index contributed by atoms with van der Waals surface area (Å²) in [6.45, 7) is 0. The van der Waals surface area contributed by atoms with Crippen LogP contribution in [0.3, 0.4) is 0 Å². The highest BCUT2D eigenvalue weighted by Gasteiger charge is 2.46. The van der Waals surface area contributed by atoms with Gasteiger partial charge in [0.25, 0.3) is 0 Å². The van der Waals surface area contributed by atoms with Gasteiger partial charge < -0.3 is 5.32 Å². The van der Waals surface area contributed by atoms with Gasteiger partial charge in [0.1, 0.15) is 0 Å². The van der Waals surface area contributed by atoms with Crippen LogP contribution in [0.15, 0.2) is 12.4 Å². The first-order valence-corrected chi connectivity index (χ1v) is 6.54. The van der Waals surface area contributed by atoms with E-state index < -0.39 is 0 Å². The lowest BCUT2D eigenvalue weighted by molar-refractivity contribution is 0.0571. The third kappa shape index (κ3) is 1.62. The SMILES string of the molecule is Cn1cc(NC2CCC23CCCCC3)cn1. The molecule has 3 nitrogen and oxygen atoms in total. The monoisotopic (exact) mass is 219 g/mol. The second-order valence-electron chi connectivity index (χ2n) is 5.56. The zero-order valence-corrected chi connectivity index (χ0v) is 10.1. The maximum Gasteiger partial charge on any atom is 0.0728 e. The van der Waals surface area contributed by atoms with Crippen LogP contribution in [-0.2, 0) is 7.05 Å². The van der Waals surface area contributed by atoms with Gasteiger partial charge in [-0.05, 0) is 31.1 Å². The standard InChI is InChI=1S/C13H21N3/c1-16-10-11(9-14-16)15-12-5-8-13(12)6-3-2-4-7-13/h9-10,12,15H,2-8H2,1H3. The summed E-state index contributed by atoms with van der Waals surface area (Å²) in [5, 5.41) is 7.89. The second-order valence-corrected chi connectivity index (χ2v) is 5.56. The van der Waals surface area contributed by atoms with Gasteiger partial charge in [0, 0.05) is 19.3 Å². The largest absolute Gasteiger partial charge is 0.379 e. The number of aromatic nitrogens is 2. The Balaban J connectivity index is 1.67. The molecule has 0 aliphatic heterocycles. The zero-order chi connectivity index (χ0) is 11.0. The van der Waals surface area contributed by atoms with Crippen LogP contribution in [0, 0.1) is 5.41 Å². The highest BCUT2D eigenvalue weighted by atomic mass is 15.3. The summed E-state index contributed by atoms with van der Waals surface area (Å²) in [7, 11) is 1.97. The molecule has 0 aromatic carbocycles. The minimum atomic E-state index is 0.633. The predicted molar refractivity (Wildman–Crippen MR) is 65.4 cm³/mol. The van der Waals surface area contributed by atoms with Gasteiger partial charge in [0.05, 0.1) is 11.9 Å². The number of nitrogens with zero attached hydrogens (tertiary/aromatic N) is 2. The Hall–Kier alpha value is -0.990. The quantitative estimate of drug-likeness (QED) is 0.828. The topological polar surface area (TPSA) is 29.9 Å². The van der Waals surface area contributed by atoms with Crippen molar-refractivity contribution in [3.05, 3.63) is 12.4 Å². The van der Waals surface area contributed by atoms with Gasteiger partial charge in [-0.2, -0.15) is 5.10 Å². The lowest BCUT2D eigenvalue weighted by Crippen LogP contribution is -2.50. The summed E-state index contributed by atoms with van der Waals surface area (Å²) >= 11 is 0. The van der Waals surface area contributed by atoms with Gasteiger partial charge in [-0.3, -0.25) is 4.68 Å². The van der Waals surface area contributed by atoms with Gasteiger partial charge in [0.15, 0.2) is 0 Å². The third-order valence-electron chi connectivity index (χ3n) is 4.57. The molecular formula is C13H21N3. The number of anilines is 1. The van der Waals surface area contributed by atoms with Crippen molar-refractivity contribution >= 4 is 5.69 Å². The molecule has 2 aliphatic rings. The lowest BCUT2D eigenvalue weighted by atomic mass is 9.57. The number of hydrogen-bond acceptors (Lipinski definition) is 2. The van der Waals surface area contributed by atoms with Gasteiger partial charge in [0.2, 0.25) is 0 Å². The van der Waals surface area contributed by atoms with E-state index >= 15 is 0 Å². The lowest BCUT2D eigenvalue weighted by Gasteiger charge is -2.52. The Bertz CT molecular complexity index is 363. The van der Waals surface area contributed by atoms with Crippen molar-refractivity contribution < 1.29 is 0 Å². The molecular weight excluding hydrogens is 198 g/mol. The zero-order valence-electron chi connectivity index (χ0n) is 10.1. The Morgan fingerprint density at radius 1 is 1.31 bits per heavy atom. The summed E-state index contributed by atoms with van der Waals surface area (Å²) in [6.07, 6.45) is 14.0. The van der Waals surface area contributed by atoms with E-state index in [1.807, 2.05) is 17.9 Å². The molecule has 3 heteroatoms. The van der Waals surface area contributed by atoms with Crippen LogP contribution in [0.2, 0.25) is 0 Å². The molecule has 88 valence electrons. The molecule has 16 heavy (non-hydrogen) atoms. The molecule has 1 heterocycles. The van der Waals surface area contributed by atoms with Crippen molar-refractivity contribution in [2.45, 2.75) is 51.0 Å². The van der Waals surface area contributed by atoms with Crippen LogP contribution < -0.4 is 5.32 Å². The Kier molecular flexibility index (Phi) is 2.41. The van der Waals surface area contributed by atoms with Crippen LogP contribution in [0.1, 0.15) is 44.9 Å². The molecule has 2 fully saturated rings. The van der Waals surface area contributed by atoms with Crippen LogP contribution in [0.4, 0.5) is 5.69 Å². The molecule has 2 aliphatic carbocycles. The number of rotatable bonds is 2. The molecule has 0 saturated heterocycles. The Morgan fingerprint density at radius 3 is 2.69 bits per heavy atom. The molecule has 1 unspecified atom stereocenters. The molecule has 1 N–H and O–H groups in total. The van der Waals surface area contributed by atoms with E-state index in [2.05, 4.69) is 16.6 Å². The average Bonchev–Trinajstić information content (AvgIpc) is 2.72. The van der Waals surface area contributed by atoms with Gasteiger partial charge in [-0.15, -0.1) is 0 Å². The fraction of sp³-hybridized carbons (Fsp3) is 0.769. The van der Waals surface area contributed by atoms with Crippen molar-refractivity contribution in [1.29, 1.82) is 0 Å². The normalized spacial score (nSPS) is 27.7. The van der Waals surface area contributed by atoms with Crippen molar-refractivity contribution in [3.63, 3.8) is 0 Å². The predicted octanol–water partition coefficient (Wildman–Crippen LogP) is 2.94. The summed E-state index contributed by atoms with van der Waals surface area (Å²) < 4.78 is 1.87. The van der Waals surface area contributed by atoms with Crippen LogP contribution in [0.5, 0.6) is 0 Å². The smallest absolute Gasteiger partial charge is 0.0728 e. The third-order valence-corrected chi connectivity index (χ3v) is 4.57. The molecule has 2 saturated carbocycles. The van der Waals surface area contributed by atoms with E-state index in [-0.39, 0.29) is 0 Å². The molecule has 1 atom stereocenters. The molecule has 1 aromatic heterocycles. The molecule has 0 bridgehead atoms. The van der Waals surface area contributed by atoms with E-state index in [0.29, 0.717) is 11.5 Å². The second kappa shape index (κ2) is 3.79. The number of hydrogen-bond donors (Lipinski definition) is 1. The van der Waals surface area contributed by atoms with E-state index in [1.54, 1.807) is 0 Å². The maximum absolute atomic E-state index is 4.22. The van der Waals surface area contributed by atoms with E-state index in [0.717, 1.165) is 0 Å². The van der Waals surface area contributed by atoms with Crippen molar-refractivity contribution in [2.24, 2.45) is 12.5 Å². The van der Waals surface area contributed by atoms with E-state index in [9.17, 15) is 0 Å². The molecule has 1 aromatic rings. The van der Waals surface area contributed by atoms with Crippen molar-refractivity contribution in [2.75, 3.05) is 5.32 Å². The fourth-order valence-corrected chi connectivity index (χ4v) is 3.47. The highest BCUT2D eigenvalue weighted by Crippen LogP contribution is 2.52. The number of aryl methyl sites for hydroxylation is 1. The first kappa shape index (κ1) is 10.2. The van der Waals surface area contributed by atoms with E-state index in [4.69, 9.17) is 0 Å². The molecule has 3 rings (SSSR count). The summed E-state index contributed by atoms with van der Waals surface area (Å²) in [5.41, 5.74) is 1.82. The minimum Gasteiger partial charge on any atom is -0.379 e. The molecule has 0 radical (unpaired) electrons. The summed E-state index contributed by atoms with van der Waals surface area (Å²) in [5.74, 6) is 0. The minimum absolute atomic E-state index is 0.633. The highest BCUT2D eigenvalue weighted by molar-refractivity contribution is 5.41. The van der Waals surface area contributed by atoms with E-state index in [1.165, 1.54) is 50.6 Å². The van der Waals surface area contributed by atoms with Gasteiger partial charge >= 0.3 is 0 Å². The molecule has 1 spiro atoms. The van der Waals surface area contributed by atoms with Crippen LogP contribution in [-0.4, -0.2) is 15.8 Å². The van der Waals surface area contributed by atoms with Crippen LogP contribution in [0.25, 0.3) is 0 Å². The van der Waals surface area contributed by atoms with Crippen molar-refractivity contribution in [1.82, 2.24) is 9.78 Å². The summed E-state index contributed by atoms with van der Waals surface area (Å²) in [6, 6.07) is 0.706. The number of nitrogens with one attached hydrogen (secondary N) is 1. The summed E-state index contributed by atoms with van der Waals surface area (Å²) in [4.78, 5) is 0. The molecule has 0 amide bonds. The first-order chi connectivity index (χ1) is 7.78. The maximum atomic E-state index is 4.22. The van der Waals surface area contributed by atoms with Gasteiger partial charge in [-0.1, -0.05) is 19.3 Å². The van der Waals surface area contributed by atoms with Gasteiger partial charge in [-0.25, -0.2) is 0 Å². The Morgan fingerprint density at radius 2 is 2.12 bits per heavy atom.